The minimum absolute atomic E-state index is 0.0943. The molecule has 94 valence electrons. The van der Waals surface area contributed by atoms with Crippen LogP contribution in [-0.2, 0) is 9.47 Å². The molecular formula is C12H20Br2O2. The van der Waals surface area contributed by atoms with Gasteiger partial charge in [-0.15, -0.1) is 0 Å². The third-order valence-corrected chi connectivity index (χ3v) is 5.61. The molecule has 0 radical (unpaired) electrons. The highest BCUT2D eigenvalue weighted by Gasteiger charge is 2.58. The van der Waals surface area contributed by atoms with Gasteiger partial charge in [0.1, 0.15) is 0 Å². The molecule has 2 nitrogen and oxygen atoms in total. The summed E-state index contributed by atoms with van der Waals surface area (Å²) in [5, 5.41) is 0. The van der Waals surface area contributed by atoms with E-state index in [1.165, 1.54) is 6.42 Å². The van der Waals surface area contributed by atoms with Crippen molar-refractivity contribution >= 4 is 31.9 Å². The molecule has 0 amide bonds. The van der Waals surface area contributed by atoms with Gasteiger partial charge in [-0.3, -0.25) is 0 Å². The molecule has 1 saturated heterocycles. The molecule has 1 heterocycles. The van der Waals surface area contributed by atoms with Crippen LogP contribution in [0.25, 0.3) is 0 Å². The fourth-order valence-electron chi connectivity index (χ4n) is 2.47. The Bertz CT molecular complexity index is 266. The minimum atomic E-state index is -0.499. The Hall–Kier alpha value is 0.880. The summed E-state index contributed by atoms with van der Waals surface area (Å²) in [6, 6.07) is 0. The number of hydrogen-bond donors (Lipinski definition) is 0. The number of alkyl halides is 2. The van der Waals surface area contributed by atoms with Crippen LogP contribution in [-0.4, -0.2) is 28.2 Å². The van der Waals surface area contributed by atoms with E-state index in [2.05, 4.69) is 52.6 Å². The van der Waals surface area contributed by atoms with E-state index in [0.29, 0.717) is 0 Å². The molecule has 2 atom stereocenters. The summed E-state index contributed by atoms with van der Waals surface area (Å²) < 4.78 is 12.2. The van der Waals surface area contributed by atoms with Crippen LogP contribution in [0.5, 0.6) is 0 Å². The van der Waals surface area contributed by atoms with Crippen molar-refractivity contribution in [1.29, 1.82) is 0 Å². The largest absolute Gasteiger partial charge is 0.347 e. The van der Waals surface area contributed by atoms with Gasteiger partial charge in [-0.2, -0.15) is 0 Å². The molecule has 1 aliphatic carbocycles. The van der Waals surface area contributed by atoms with Crippen LogP contribution in [0.3, 0.4) is 0 Å². The Kier molecular flexibility index (Phi) is 3.51. The van der Waals surface area contributed by atoms with Gasteiger partial charge in [0.25, 0.3) is 0 Å². The Morgan fingerprint density at radius 2 is 1.69 bits per heavy atom. The van der Waals surface area contributed by atoms with Crippen LogP contribution >= 0.6 is 31.9 Å². The summed E-state index contributed by atoms with van der Waals surface area (Å²) in [5.74, 6) is -0.499. The minimum Gasteiger partial charge on any atom is -0.347 e. The van der Waals surface area contributed by atoms with Crippen LogP contribution in [0, 0.1) is 5.41 Å². The maximum Gasteiger partial charge on any atom is 0.196 e. The number of ether oxygens (including phenoxy) is 2. The summed E-state index contributed by atoms with van der Waals surface area (Å²) in [4.78, 5) is 0.272. The average molecular weight is 356 g/mol. The predicted octanol–water partition coefficient (Wildman–Crippen LogP) is 3.86. The maximum absolute atomic E-state index is 6.13. The van der Waals surface area contributed by atoms with Crippen LogP contribution in [0.1, 0.15) is 40.0 Å². The van der Waals surface area contributed by atoms with E-state index in [1.54, 1.807) is 0 Å². The molecule has 1 saturated carbocycles. The van der Waals surface area contributed by atoms with Crippen LogP contribution < -0.4 is 0 Å². The summed E-state index contributed by atoms with van der Waals surface area (Å²) in [6.07, 6.45) is 3.41. The highest BCUT2D eigenvalue weighted by Crippen LogP contribution is 2.51. The van der Waals surface area contributed by atoms with E-state index in [-0.39, 0.29) is 14.6 Å². The van der Waals surface area contributed by atoms with Crippen LogP contribution in [0.4, 0.5) is 0 Å². The first kappa shape index (κ1) is 13.3. The molecule has 16 heavy (non-hydrogen) atoms. The molecule has 1 spiro atoms. The maximum atomic E-state index is 6.13. The fraction of sp³-hybridized carbons (Fsp3) is 1.00. The lowest BCUT2D eigenvalue weighted by Crippen LogP contribution is -2.64. The first-order valence-electron chi connectivity index (χ1n) is 5.90. The Morgan fingerprint density at radius 1 is 1.12 bits per heavy atom. The van der Waals surface area contributed by atoms with Crippen molar-refractivity contribution in [3.8, 4) is 0 Å². The van der Waals surface area contributed by atoms with Crippen molar-refractivity contribution in [1.82, 2.24) is 0 Å². The van der Waals surface area contributed by atoms with E-state index >= 15 is 0 Å². The Morgan fingerprint density at radius 3 is 2.19 bits per heavy atom. The first-order valence-corrected chi connectivity index (χ1v) is 7.61. The highest BCUT2D eigenvalue weighted by molar-refractivity contribution is 9.10. The van der Waals surface area contributed by atoms with Crippen molar-refractivity contribution in [2.45, 2.75) is 55.0 Å². The monoisotopic (exact) mass is 354 g/mol. The van der Waals surface area contributed by atoms with Gasteiger partial charge in [-0.1, -0.05) is 52.1 Å². The Labute approximate surface area is 115 Å². The smallest absolute Gasteiger partial charge is 0.196 e. The summed E-state index contributed by atoms with van der Waals surface area (Å²) >= 11 is 7.55. The lowest BCUT2D eigenvalue weighted by molar-refractivity contribution is -0.315. The molecule has 4 heteroatoms. The van der Waals surface area contributed by atoms with Gasteiger partial charge in [-0.05, 0) is 19.8 Å². The molecule has 0 aromatic carbocycles. The molecule has 2 fully saturated rings. The predicted molar refractivity (Wildman–Crippen MR) is 72.3 cm³/mol. The zero-order valence-electron chi connectivity index (χ0n) is 10.2. The second-order valence-corrected chi connectivity index (χ2v) is 8.82. The van der Waals surface area contributed by atoms with E-state index in [9.17, 15) is 0 Å². The molecule has 0 aromatic heterocycles. The number of rotatable bonds is 0. The summed E-state index contributed by atoms with van der Waals surface area (Å²) in [7, 11) is 0. The lowest BCUT2D eigenvalue weighted by Gasteiger charge is -2.54. The van der Waals surface area contributed by atoms with Crippen molar-refractivity contribution in [3.63, 3.8) is 0 Å². The second kappa shape index (κ2) is 4.22. The standard InChI is InChI=1S/C12H20Br2O2/c1-10(2)7-15-12(16-8-10)9(13)5-4-6-11(12,3)14/h9H,4-8H2,1-3H3. The molecular weight excluding hydrogens is 336 g/mol. The van der Waals surface area contributed by atoms with Gasteiger partial charge in [0.05, 0.1) is 22.4 Å². The number of hydrogen-bond acceptors (Lipinski definition) is 2. The normalized spacial score (nSPS) is 42.2. The third kappa shape index (κ3) is 2.11. The van der Waals surface area contributed by atoms with Crippen molar-refractivity contribution < 1.29 is 9.47 Å². The van der Waals surface area contributed by atoms with E-state index in [1.807, 2.05) is 0 Å². The van der Waals surface area contributed by atoms with E-state index < -0.39 is 5.79 Å². The lowest BCUT2D eigenvalue weighted by atomic mass is 9.82. The van der Waals surface area contributed by atoms with Crippen molar-refractivity contribution in [3.05, 3.63) is 0 Å². The van der Waals surface area contributed by atoms with E-state index in [0.717, 1.165) is 26.1 Å². The molecule has 1 aliphatic heterocycles. The zero-order chi connectivity index (χ0) is 12.0. The average Bonchev–Trinajstić information content (AvgIpc) is 2.15. The topological polar surface area (TPSA) is 18.5 Å². The quantitative estimate of drug-likeness (QED) is 0.614. The van der Waals surface area contributed by atoms with Crippen LogP contribution in [0.2, 0.25) is 0 Å². The van der Waals surface area contributed by atoms with Gasteiger partial charge < -0.3 is 9.47 Å². The number of halogens is 2. The van der Waals surface area contributed by atoms with Gasteiger partial charge in [-0.25, -0.2) is 0 Å². The van der Waals surface area contributed by atoms with Crippen molar-refractivity contribution in [2.75, 3.05) is 13.2 Å². The molecule has 0 bridgehead atoms. The van der Waals surface area contributed by atoms with Crippen molar-refractivity contribution in [2.24, 2.45) is 5.41 Å². The van der Waals surface area contributed by atoms with Gasteiger partial charge in [0, 0.05) is 5.41 Å². The SMILES string of the molecule is CC1(C)COC2(OC1)C(Br)CCCC2(C)Br. The zero-order valence-corrected chi connectivity index (χ0v) is 13.4. The summed E-state index contributed by atoms with van der Waals surface area (Å²) in [5.41, 5.74) is 0.124. The highest BCUT2D eigenvalue weighted by atomic mass is 79.9. The molecule has 2 rings (SSSR count). The van der Waals surface area contributed by atoms with Gasteiger partial charge in [0.15, 0.2) is 5.79 Å². The van der Waals surface area contributed by atoms with Gasteiger partial charge in [0.2, 0.25) is 0 Å². The third-order valence-electron chi connectivity index (χ3n) is 3.60. The second-order valence-electron chi connectivity index (χ2n) is 5.97. The first-order chi connectivity index (χ1) is 7.29. The fourth-order valence-corrected chi connectivity index (χ4v) is 4.66. The molecule has 0 aromatic rings. The molecule has 2 unspecified atom stereocenters. The Balaban J connectivity index is 2.22. The molecule has 0 N–H and O–H groups in total. The molecule has 2 aliphatic rings. The van der Waals surface area contributed by atoms with Crippen LogP contribution in [0.15, 0.2) is 0 Å². The van der Waals surface area contributed by atoms with E-state index in [4.69, 9.17) is 9.47 Å². The van der Waals surface area contributed by atoms with Gasteiger partial charge >= 0.3 is 0 Å². The summed E-state index contributed by atoms with van der Waals surface area (Å²) in [6.45, 7) is 8.06.